The van der Waals surface area contributed by atoms with Crippen LogP contribution in [0.2, 0.25) is 0 Å². The van der Waals surface area contributed by atoms with Gasteiger partial charge in [-0.25, -0.2) is 4.79 Å². The average molecular weight is 229 g/mol. The predicted molar refractivity (Wildman–Crippen MR) is 61.9 cm³/mol. The molecule has 1 saturated carbocycles. The van der Waals surface area contributed by atoms with Crippen molar-refractivity contribution >= 4 is 18.7 Å². The van der Waals surface area contributed by atoms with Gasteiger partial charge in [0, 0.05) is 6.54 Å². The molecule has 15 heavy (non-hydrogen) atoms. The minimum Gasteiger partial charge on any atom is -0.444 e. The van der Waals surface area contributed by atoms with Crippen molar-refractivity contribution in [2.75, 3.05) is 6.54 Å². The Morgan fingerprint density at radius 2 is 2.00 bits per heavy atom. The summed E-state index contributed by atoms with van der Waals surface area (Å²) >= 11 is 4.46. The van der Waals surface area contributed by atoms with Crippen LogP contribution in [0.5, 0.6) is 0 Å². The summed E-state index contributed by atoms with van der Waals surface area (Å²) in [5, 5.41) is 0.0450. The van der Waals surface area contributed by atoms with E-state index >= 15 is 0 Å². The van der Waals surface area contributed by atoms with Crippen LogP contribution in [0.25, 0.3) is 0 Å². The number of amides is 1. The molecule has 0 bridgehead atoms. The Labute approximate surface area is 96.6 Å². The Bertz CT molecular complexity index is 274. The Balaban J connectivity index is 1.94. The summed E-state index contributed by atoms with van der Waals surface area (Å²) < 4.78 is 5.35. The van der Waals surface area contributed by atoms with Gasteiger partial charge in [-0.15, -0.1) is 0 Å². The molecular formula is C11H19NO2S. The van der Waals surface area contributed by atoms with Crippen molar-refractivity contribution in [2.24, 2.45) is 11.8 Å². The Morgan fingerprint density at radius 3 is 2.60 bits per heavy atom. The summed E-state index contributed by atoms with van der Waals surface area (Å²) in [5.74, 6) is 1.52. The lowest BCUT2D eigenvalue weighted by molar-refractivity contribution is 0.0179. The second-order valence-electron chi connectivity index (χ2n) is 5.60. The van der Waals surface area contributed by atoms with Gasteiger partial charge in [0.2, 0.25) is 0 Å². The molecule has 2 rings (SSSR count). The lowest BCUT2D eigenvalue weighted by Gasteiger charge is -2.33. The maximum absolute atomic E-state index is 11.8. The molecule has 1 aliphatic heterocycles. The highest BCUT2D eigenvalue weighted by Crippen LogP contribution is 2.47. The lowest BCUT2D eigenvalue weighted by atomic mass is 10.1. The van der Waals surface area contributed by atoms with Crippen LogP contribution in [0.1, 0.15) is 33.6 Å². The third-order valence-electron chi connectivity index (χ3n) is 3.00. The number of carbonyl (C=O) groups excluding carboxylic acids is 1. The first-order valence-corrected chi connectivity index (χ1v) is 6.06. The van der Waals surface area contributed by atoms with Gasteiger partial charge in [-0.1, -0.05) is 0 Å². The summed E-state index contributed by atoms with van der Waals surface area (Å²) in [4.78, 5) is 13.6. The van der Waals surface area contributed by atoms with Gasteiger partial charge in [0.05, 0.1) is 5.37 Å². The predicted octanol–water partition coefficient (Wildman–Crippen LogP) is 2.52. The molecule has 0 aromatic rings. The standard InChI is InChI=1S/C11H19NO2S/c1-11(2,3)14-10(13)12-6-8-4-7(8)5-9(12)15/h7-9,15H,4-6H2,1-3H3. The molecule has 2 fully saturated rings. The summed E-state index contributed by atoms with van der Waals surface area (Å²) in [7, 11) is 0. The molecule has 2 aliphatic rings. The molecule has 1 saturated heterocycles. The first-order valence-electron chi connectivity index (χ1n) is 5.54. The van der Waals surface area contributed by atoms with E-state index in [0.717, 1.165) is 18.9 Å². The number of ether oxygens (including phenoxy) is 1. The molecule has 0 N–H and O–H groups in total. The summed E-state index contributed by atoms with van der Waals surface area (Å²) in [6.45, 7) is 6.50. The number of thiol groups is 1. The number of hydrogen-bond donors (Lipinski definition) is 1. The van der Waals surface area contributed by atoms with Gasteiger partial charge in [0.25, 0.3) is 0 Å². The molecule has 0 radical (unpaired) electrons. The second-order valence-corrected chi connectivity index (χ2v) is 6.20. The molecule has 1 aliphatic carbocycles. The Morgan fingerprint density at radius 1 is 1.33 bits per heavy atom. The molecule has 1 heterocycles. The number of nitrogens with zero attached hydrogens (tertiary/aromatic N) is 1. The SMILES string of the molecule is CC(C)(C)OC(=O)N1CC2CC2CC1S. The monoisotopic (exact) mass is 229 g/mol. The number of piperidine rings is 1. The van der Waals surface area contributed by atoms with Crippen LogP contribution in [0, 0.1) is 11.8 Å². The molecule has 3 atom stereocenters. The first kappa shape index (κ1) is 11.1. The lowest BCUT2D eigenvalue weighted by Crippen LogP contribution is -2.44. The van der Waals surface area contributed by atoms with Crippen molar-refractivity contribution in [3.05, 3.63) is 0 Å². The Hall–Kier alpha value is -0.380. The fraction of sp³-hybridized carbons (Fsp3) is 0.909. The maximum Gasteiger partial charge on any atom is 0.411 e. The molecule has 1 amide bonds. The highest BCUT2D eigenvalue weighted by Gasteiger charge is 2.46. The third kappa shape index (κ3) is 2.60. The minimum atomic E-state index is -0.412. The number of carbonyl (C=O) groups is 1. The van der Waals surface area contributed by atoms with Crippen LogP contribution in [0.3, 0.4) is 0 Å². The van der Waals surface area contributed by atoms with Crippen LogP contribution >= 0.6 is 12.6 Å². The van der Waals surface area contributed by atoms with E-state index in [1.807, 2.05) is 20.8 Å². The summed E-state index contributed by atoms with van der Waals surface area (Å²) in [6, 6.07) is 0. The number of hydrogen-bond acceptors (Lipinski definition) is 3. The number of rotatable bonds is 0. The van der Waals surface area contributed by atoms with Crippen LogP contribution in [0.4, 0.5) is 4.79 Å². The smallest absolute Gasteiger partial charge is 0.411 e. The van der Waals surface area contributed by atoms with Crippen molar-refractivity contribution in [1.29, 1.82) is 0 Å². The topological polar surface area (TPSA) is 29.5 Å². The largest absolute Gasteiger partial charge is 0.444 e. The summed E-state index contributed by atoms with van der Waals surface area (Å²) in [6.07, 6.45) is 2.07. The van der Waals surface area contributed by atoms with Crippen molar-refractivity contribution < 1.29 is 9.53 Å². The van der Waals surface area contributed by atoms with Crippen LogP contribution in [0.15, 0.2) is 0 Å². The van der Waals surface area contributed by atoms with Crippen molar-refractivity contribution in [3.63, 3.8) is 0 Å². The van der Waals surface area contributed by atoms with Gasteiger partial charge >= 0.3 is 6.09 Å². The van der Waals surface area contributed by atoms with E-state index < -0.39 is 5.60 Å². The van der Waals surface area contributed by atoms with E-state index in [2.05, 4.69) is 12.6 Å². The number of likely N-dealkylation sites (tertiary alicyclic amines) is 1. The van der Waals surface area contributed by atoms with E-state index in [9.17, 15) is 4.79 Å². The zero-order valence-corrected chi connectivity index (χ0v) is 10.5. The normalized spacial score (nSPS) is 34.7. The minimum absolute atomic E-state index is 0.0450. The summed E-state index contributed by atoms with van der Waals surface area (Å²) in [5.41, 5.74) is -0.412. The van der Waals surface area contributed by atoms with Crippen LogP contribution in [-0.4, -0.2) is 28.5 Å². The Kier molecular flexibility index (Phi) is 2.65. The van der Waals surface area contributed by atoms with Gasteiger partial charge < -0.3 is 4.74 Å². The van der Waals surface area contributed by atoms with Crippen molar-refractivity contribution in [2.45, 2.75) is 44.6 Å². The van der Waals surface area contributed by atoms with Crippen molar-refractivity contribution in [3.8, 4) is 0 Å². The molecule has 86 valence electrons. The van der Waals surface area contributed by atoms with Crippen LogP contribution in [-0.2, 0) is 4.74 Å². The maximum atomic E-state index is 11.8. The molecule has 4 heteroatoms. The average Bonchev–Trinajstić information content (AvgIpc) is 2.76. The van der Waals surface area contributed by atoms with Gasteiger partial charge in [-0.3, -0.25) is 4.90 Å². The zero-order valence-electron chi connectivity index (χ0n) is 9.56. The quantitative estimate of drug-likeness (QED) is 0.647. The van der Waals surface area contributed by atoms with Crippen LogP contribution < -0.4 is 0 Å². The molecule has 3 nitrogen and oxygen atoms in total. The molecule has 0 spiro atoms. The van der Waals surface area contributed by atoms with Gasteiger partial charge in [0.15, 0.2) is 0 Å². The van der Waals surface area contributed by atoms with Gasteiger partial charge in [-0.05, 0) is 45.4 Å². The van der Waals surface area contributed by atoms with E-state index in [1.54, 1.807) is 4.90 Å². The highest BCUT2D eigenvalue weighted by atomic mass is 32.1. The second kappa shape index (κ2) is 3.58. The molecule has 0 aromatic carbocycles. The van der Waals surface area contributed by atoms with E-state index in [-0.39, 0.29) is 11.5 Å². The highest BCUT2D eigenvalue weighted by molar-refractivity contribution is 7.80. The van der Waals surface area contributed by atoms with E-state index in [0.29, 0.717) is 5.92 Å². The van der Waals surface area contributed by atoms with Gasteiger partial charge in [-0.2, -0.15) is 12.6 Å². The molecular weight excluding hydrogens is 210 g/mol. The molecule has 3 unspecified atom stereocenters. The fourth-order valence-electron chi connectivity index (χ4n) is 2.11. The zero-order chi connectivity index (χ0) is 11.2. The fourth-order valence-corrected chi connectivity index (χ4v) is 2.57. The van der Waals surface area contributed by atoms with E-state index in [4.69, 9.17) is 4.74 Å². The van der Waals surface area contributed by atoms with E-state index in [1.165, 1.54) is 6.42 Å². The first-order chi connectivity index (χ1) is 6.87. The molecule has 0 aromatic heterocycles. The third-order valence-corrected chi connectivity index (χ3v) is 3.49. The van der Waals surface area contributed by atoms with Crippen molar-refractivity contribution in [1.82, 2.24) is 4.90 Å². The number of fused-ring (bicyclic) bond motifs is 1. The van der Waals surface area contributed by atoms with Gasteiger partial charge in [0.1, 0.15) is 5.60 Å².